The van der Waals surface area contributed by atoms with Gasteiger partial charge in [-0.15, -0.1) is 0 Å². The predicted molar refractivity (Wildman–Crippen MR) is 72.6 cm³/mol. The first-order valence-corrected chi connectivity index (χ1v) is 6.23. The average molecular weight is 305 g/mol. The third-order valence-electron chi connectivity index (χ3n) is 2.41. The zero-order chi connectivity index (χ0) is 14.8. The van der Waals surface area contributed by atoms with Crippen molar-refractivity contribution in [2.45, 2.75) is 26.8 Å². The smallest absolute Gasteiger partial charge is 0.326 e. The van der Waals surface area contributed by atoms with E-state index in [-0.39, 0.29) is 15.9 Å². The quantitative estimate of drug-likeness (QED) is 0.841. The van der Waals surface area contributed by atoms with Crippen molar-refractivity contribution in [3.8, 4) is 0 Å². The number of carbonyl (C=O) groups is 2. The number of carbonyl (C=O) groups excluding carboxylic acids is 1. The number of amides is 1. The minimum absolute atomic E-state index is 0.0697. The number of aromatic nitrogens is 1. The molecule has 1 heterocycles. The fourth-order valence-corrected chi connectivity index (χ4v) is 1.92. The molecular weight excluding hydrogens is 291 g/mol. The van der Waals surface area contributed by atoms with Gasteiger partial charge in [0.15, 0.2) is 0 Å². The standard InChI is InChI=1S/C12H14Cl2N2O3/c1-12(2,3)9(11(18)19)16-10(17)6-4-7(13)15-8(14)5-6/h4-5,9H,1-3H3,(H,16,17)(H,18,19)/t9-/m1/s1. The summed E-state index contributed by atoms with van der Waals surface area (Å²) in [5.74, 6) is -1.67. The molecule has 1 atom stereocenters. The zero-order valence-electron chi connectivity index (χ0n) is 10.7. The van der Waals surface area contributed by atoms with Crippen molar-refractivity contribution in [1.82, 2.24) is 10.3 Å². The van der Waals surface area contributed by atoms with Crippen LogP contribution in [0.2, 0.25) is 10.3 Å². The van der Waals surface area contributed by atoms with Gasteiger partial charge in [0.2, 0.25) is 0 Å². The first-order valence-electron chi connectivity index (χ1n) is 5.48. The molecule has 1 aromatic rings. The Morgan fingerprint density at radius 1 is 1.26 bits per heavy atom. The molecule has 0 radical (unpaired) electrons. The van der Waals surface area contributed by atoms with Gasteiger partial charge in [-0.1, -0.05) is 44.0 Å². The monoisotopic (exact) mass is 304 g/mol. The normalized spacial score (nSPS) is 12.9. The highest BCUT2D eigenvalue weighted by Crippen LogP contribution is 2.21. The summed E-state index contributed by atoms with van der Waals surface area (Å²) >= 11 is 11.4. The number of aliphatic carboxylic acids is 1. The second-order valence-corrected chi connectivity index (χ2v) is 5.89. The highest BCUT2D eigenvalue weighted by atomic mass is 35.5. The molecule has 0 aliphatic carbocycles. The van der Waals surface area contributed by atoms with Crippen molar-refractivity contribution in [1.29, 1.82) is 0 Å². The molecule has 2 N–H and O–H groups in total. The third-order valence-corrected chi connectivity index (χ3v) is 2.80. The van der Waals surface area contributed by atoms with E-state index < -0.39 is 23.3 Å². The zero-order valence-corrected chi connectivity index (χ0v) is 12.2. The van der Waals surface area contributed by atoms with Gasteiger partial charge < -0.3 is 10.4 Å². The van der Waals surface area contributed by atoms with Gasteiger partial charge >= 0.3 is 5.97 Å². The van der Waals surface area contributed by atoms with Gasteiger partial charge in [0.1, 0.15) is 16.3 Å². The lowest BCUT2D eigenvalue weighted by Crippen LogP contribution is -2.49. The van der Waals surface area contributed by atoms with E-state index in [0.717, 1.165) is 0 Å². The second kappa shape index (κ2) is 5.75. The molecule has 0 spiro atoms. The van der Waals surface area contributed by atoms with Gasteiger partial charge in [0.05, 0.1) is 0 Å². The molecule has 1 amide bonds. The summed E-state index contributed by atoms with van der Waals surface area (Å²) in [6.45, 7) is 5.16. The number of carboxylic acids is 1. The Labute approximate surface area is 120 Å². The van der Waals surface area contributed by atoms with Crippen molar-refractivity contribution >= 4 is 35.1 Å². The topological polar surface area (TPSA) is 79.3 Å². The van der Waals surface area contributed by atoms with Gasteiger partial charge in [0, 0.05) is 5.56 Å². The first-order chi connectivity index (χ1) is 8.61. The van der Waals surface area contributed by atoms with Gasteiger partial charge in [-0.3, -0.25) is 4.79 Å². The van der Waals surface area contributed by atoms with E-state index in [1.807, 2.05) is 0 Å². The summed E-state index contributed by atoms with van der Waals surface area (Å²) in [6, 6.07) is 1.63. The number of pyridine rings is 1. The molecule has 0 aromatic carbocycles. The van der Waals surface area contributed by atoms with Gasteiger partial charge in [-0.2, -0.15) is 0 Å². The summed E-state index contributed by atoms with van der Waals surface area (Å²) in [4.78, 5) is 26.9. The first kappa shape index (κ1) is 15.7. The van der Waals surface area contributed by atoms with E-state index in [2.05, 4.69) is 10.3 Å². The maximum atomic E-state index is 12.0. The van der Waals surface area contributed by atoms with Crippen LogP contribution in [0.5, 0.6) is 0 Å². The molecule has 0 unspecified atom stereocenters. The van der Waals surface area contributed by atoms with Crippen LogP contribution in [0.25, 0.3) is 0 Å². The number of nitrogens with zero attached hydrogens (tertiary/aromatic N) is 1. The summed E-state index contributed by atoms with van der Waals surface area (Å²) in [5, 5.41) is 11.7. The number of rotatable bonds is 3. The number of carboxylic acid groups (broad SMARTS) is 1. The van der Waals surface area contributed by atoms with Crippen LogP contribution in [0.4, 0.5) is 0 Å². The Morgan fingerprint density at radius 2 is 1.74 bits per heavy atom. The number of hydrogen-bond donors (Lipinski definition) is 2. The van der Waals surface area contributed by atoms with Crippen molar-refractivity contribution in [2.75, 3.05) is 0 Å². The summed E-state index contributed by atoms with van der Waals surface area (Å²) in [5.41, 5.74) is -0.456. The van der Waals surface area contributed by atoms with E-state index in [4.69, 9.17) is 28.3 Å². The van der Waals surface area contributed by atoms with Crippen LogP contribution in [0.15, 0.2) is 12.1 Å². The van der Waals surface area contributed by atoms with E-state index in [9.17, 15) is 9.59 Å². The van der Waals surface area contributed by atoms with E-state index in [0.29, 0.717) is 0 Å². The Morgan fingerprint density at radius 3 is 2.11 bits per heavy atom. The highest BCUT2D eigenvalue weighted by Gasteiger charge is 2.32. The fraction of sp³-hybridized carbons (Fsp3) is 0.417. The molecule has 0 bridgehead atoms. The largest absolute Gasteiger partial charge is 0.480 e. The lowest BCUT2D eigenvalue weighted by molar-refractivity contribution is -0.142. The average Bonchev–Trinajstić information content (AvgIpc) is 2.21. The molecular formula is C12H14Cl2N2O3. The summed E-state index contributed by atoms with van der Waals surface area (Å²) in [6.07, 6.45) is 0. The number of halogens is 2. The predicted octanol–water partition coefficient (Wildman–Crippen LogP) is 2.62. The number of hydrogen-bond acceptors (Lipinski definition) is 3. The van der Waals surface area contributed by atoms with Crippen LogP contribution in [-0.4, -0.2) is 28.0 Å². The van der Waals surface area contributed by atoms with Crippen LogP contribution >= 0.6 is 23.2 Å². The molecule has 0 aliphatic heterocycles. The van der Waals surface area contributed by atoms with Gasteiger partial charge in [0.25, 0.3) is 5.91 Å². The molecule has 0 saturated carbocycles. The maximum absolute atomic E-state index is 12.0. The molecule has 5 nitrogen and oxygen atoms in total. The van der Waals surface area contributed by atoms with E-state index in [1.54, 1.807) is 20.8 Å². The highest BCUT2D eigenvalue weighted by molar-refractivity contribution is 6.33. The molecule has 0 aliphatic rings. The van der Waals surface area contributed by atoms with Crippen LogP contribution < -0.4 is 5.32 Å². The molecule has 19 heavy (non-hydrogen) atoms. The second-order valence-electron chi connectivity index (χ2n) is 5.11. The molecule has 104 valence electrons. The van der Waals surface area contributed by atoms with Crippen LogP contribution in [-0.2, 0) is 4.79 Å². The van der Waals surface area contributed by atoms with Crippen LogP contribution in [0.3, 0.4) is 0 Å². The number of nitrogens with one attached hydrogen (secondary N) is 1. The van der Waals surface area contributed by atoms with Crippen LogP contribution in [0.1, 0.15) is 31.1 Å². The molecule has 1 rings (SSSR count). The molecule has 0 fully saturated rings. The maximum Gasteiger partial charge on any atom is 0.326 e. The Balaban J connectivity index is 2.97. The minimum Gasteiger partial charge on any atom is -0.480 e. The molecule has 1 aromatic heterocycles. The van der Waals surface area contributed by atoms with E-state index in [1.165, 1.54) is 12.1 Å². The summed E-state index contributed by atoms with van der Waals surface area (Å²) in [7, 11) is 0. The van der Waals surface area contributed by atoms with E-state index >= 15 is 0 Å². The van der Waals surface area contributed by atoms with Gasteiger partial charge in [-0.05, 0) is 17.5 Å². The Bertz CT molecular complexity index is 492. The van der Waals surface area contributed by atoms with Crippen LogP contribution in [0, 0.1) is 5.41 Å². The lowest BCUT2D eigenvalue weighted by atomic mass is 9.86. The molecule has 0 saturated heterocycles. The van der Waals surface area contributed by atoms with Crippen molar-refractivity contribution in [3.05, 3.63) is 28.0 Å². The SMILES string of the molecule is CC(C)(C)[C@H](NC(=O)c1cc(Cl)nc(Cl)c1)C(=O)O. The molecule has 7 heteroatoms. The third kappa shape index (κ3) is 4.36. The Kier molecular flexibility index (Phi) is 4.76. The Hall–Kier alpha value is -1.33. The van der Waals surface area contributed by atoms with Crippen molar-refractivity contribution in [3.63, 3.8) is 0 Å². The fourth-order valence-electron chi connectivity index (χ4n) is 1.46. The van der Waals surface area contributed by atoms with Crippen molar-refractivity contribution < 1.29 is 14.7 Å². The summed E-state index contributed by atoms with van der Waals surface area (Å²) < 4.78 is 0. The van der Waals surface area contributed by atoms with Crippen molar-refractivity contribution in [2.24, 2.45) is 5.41 Å². The lowest BCUT2D eigenvalue weighted by Gasteiger charge is -2.27. The minimum atomic E-state index is -1.10. The van der Waals surface area contributed by atoms with Gasteiger partial charge in [-0.25, -0.2) is 9.78 Å².